The van der Waals surface area contributed by atoms with E-state index < -0.39 is 10.1 Å². The van der Waals surface area contributed by atoms with Gasteiger partial charge in [0, 0.05) is 29.5 Å². The third-order valence-corrected chi connectivity index (χ3v) is 7.60. The van der Waals surface area contributed by atoms with Gasteiger partial charge in [0.15, 0.2) is 5.71 Å². The highest BCUT2D eigenvalue weighted by Crippen LogP contribution is 2.54. The van der Waals surface area contributed by atoms with E-state index in [2.05, 4.69) is 58.4 Å². The molecule has 2 aliphatic rings. The Bertz CT molecular complexity index is 1170. The predicted octanol–water partition coefficient (Wildman–Crippen LogP) is 4.57. The summed E-state index contributed by atoms with van der Waals surface area (Å²) < 4.78 is 36.5. The van der Waals surface area contributed by atoms with Crippen molar-refractivity contribution in [2.75, 3.05) is 7.05 Å². The Morgan fingerprint density at radius 2 is 1.52 bits per heavy atom. The Kier molecular flexibility index (Phi) is 3.46. The number of aryl methyl sites for hydroxylation is 1. The topological polar surface area (TPSA) is 57.4 Å². The molecule has 1 heterocycles. The molecule has 0 saturated carbocycles. The maximum Gasteiger partial charge on any atom is 0.295 e. The lowest BCUT2D eigenvalue weighted by Gasteiger charge is -2.22. The van der Waals surface area contributed by atoms with Crippen LogP contribution in [-0.4, -0.2) is 30.3 Å². The summed E-state index contributed by atoms with van der Waals surface area (Å²) >= 11 is 0. The van der Waals surface area contributed by atoms with Crippen molar-refractivity contribution in [1.29, 1.82) is 0 Å². The third-order valence-electron chi connectivity index (χ3n) is 6.72. The number of rotatable bonds is 1. The lowest BCUT2D eigenvalue weighted by Crippen LogP contribution is -2.25. The number of hydrogen-bond acceptors (Lipinski definition) is 2. The van der Waals surface area contributed by atoms with Crippen LogP contribution in [0.25, 0.3) is 11.1 Å². The van der Waals surface area contributed by atoms with E-state index in [0.29, 0.717) is 5.56 Å². The fraction of sp³-hybridized carbons (Fsp3) is 0.409. The fourth-order valence-electron chi connectivity index (χ4n) is 4.76. The van der Waals surface area contributed by atoms with E-state index >= 15 is 0 Å². The van der Waals surface area contributed by atoms with Crippen LogP contribution < -0.4 is 0 Å². The summed E-state index contributed by atoms with van der Waals surface area (Å²) in [5.41, 5.74) is 7.59. The molecule has 0 amide bonds. The molecule has 0 fully saturated rings. The number of benzene rings is 2. The van der Waals surface area contributed by atoms with Crippen molar-refractivity contribution in [1.82, 2.24) is 0 Å². The molecule has 1 aliphatic carbocycles. The zero-order valence-electron chi connectivity index (χ0n) is 16.9. The number of hydrogen-bond donors (Lipinski definition) is 1. The summed E-state index contributed by atoms with van der Waals surface area (Å²) in [6.07, 6.45) is 0. The normalized spacial score (nSPS) is 19.1. The molecule has 2 aromatic rings. The first-order valence-corrected chi connectivity index (χ1v) is 10.6. The first-order chi connectivity index (χ1) is 12.3. The average molecular weight is 385 g/mol. The van der Waals surface area contributed by atoms with Gasteiger partial charge in [-0.2, -0.15) is 8.42 Å². The van der Waals surface area contributed by atoms with Crippen molar-refractivity contribution < 1.29 is 17.5 Å². The molecule has 4 rings (SSSR count). The quantitative estimate of drug-likeness (QED) is 0.579. The van der Waals surface area contributed by atoms with E-state index in [-0.39, 0.29) is 15.7 Å². The van der Waals surface area contributed by atoms with Gasteiger partial charge in [0.25, 0.3) is 10.1 Å². The summed E-state index contributed by atoms with van der Waals surface area (Å²) in [5.74, 6) is 0. The average Bonchev–Trinajstić information content (AvgIpc) is 2.87. The second kappa shape index (κ2) is 5.09. The van der Waals surface area contributed by atoms with Gasteiger partial charge in [-0.25, -0.2) is 4.58 Å². The second-order valence-corrected chi connectivity index (χ2v) is 10.4. The Balaban J connectivity index is 2.15. The molecule has 142 valence electrons. The van der Waals surface area contributed by atoms with Crippen LogP contribution in [0.4, 0.5) is 5.69 Å². The lowest BCUT2D eigenvalue weighted by atomic mass is 9.78. The molecule has 0 bridgehead atoms. The van der Waals surface area contributed by atoms with Gasteiger partial charge in [-0.3, -0.25) is 4.55 Å². The largest absolute Gasteiger partial charge is 0.295 e. The summed E-state index contributed by atoms with van der Waals surface area (Å²) in [6, 6.07) is 7.95. The van der Waals surface area contributed by atoms with Crippen LogP contribution in [0.15, 0.2) is 29.2 Å². The molecule has 1 aliphatic heterocycles. The molecule has 4 nitrogen and oxygen atoms in total. The smallest absolute Gasteiger partial charge is 0.282 e. The minimum Gasteiger partial charge on any atom is -0.282 e. The molecule has 0 saturated heterocycles. The monoisotopic (exact) mass is 384 g/mol. The molecular weight excluding hydrogens is 358 g/mol. The molecule has 27 heavy (non-hydrogen) atoms. The summed E-state index contributed by atoms with van der Waals surface area (Å²) in [4.78, 5) is 0.00846. The van der Waals surface area contributed by atoms with Gasteiger partial charge in [-0.05, 0) is 55.2 Å². The lowest BCUT2D eigenvalue weighted by molar-refractivity contribution is -0.403. The number of fused-ring (bicyclic) bond motifs is 4. The molecule has 0 radical (unpaired) electrons. The van der Waals surface area contributed by atoms with Crippen molar-refractivity contribution in [3.8, 4) is 11.1 Å². The maximum absolute atomic E-state index is 12.2. The summed E-state index contributed by atoms with van der Waals surface area (Å²) in [7, 11) is -2.24. The SMILES string of the molecule is CC1=[N+](C)c2cc3c(cc2C1(C)C)-c1c(cc(C)cc1S(=O)(=O)O)C3(C)C. The second-order valence-electron chi connectivity index (χ2n) is 8.97. The highest BCUT2D eigenvalue weighted by atomic mass is 32.2. The van der Waals surface area contributed by atoms with E-state index in [0.717, 1.165) is 22.3 Å². The van der Waals surface area contributed by atoms with Gasteiger partial charge >= 0.3 is 0 Å². The zero-order chi connectivity index (χ0) is 20.1. The molecule has 5 heteroatoms. The zero-order valence-corrected chi connectivity index (χ0v) is 17.7. The first-order valence-electron chi connectivity index (χ1n) is 9.17. The van der Waals surface area contributed by atoms with Crippen molar-refractivity contribution in [3.63, 3.8) is 0 Å². The van der Waals surface area contributed by atoms with Gasteiger partial charge in [0.2, 0.25) is 5.69 Å². The molecule has 2 aromatic carbocycles. The first kappa shape index (κ1) is 18.4. The summed E-state index contributed by atoms with van der Waals surface area (Å²) in [6.45, 7) is 12.6. The van der Waals surface area contributed by atoms with E-state index in [9.17, 15) is 13.0 Å². The minimum absolute atomic E-state index is 0.00846. The standard InChI is InChI=1S/C22H25NO3S/c1-12-8-17-20(19(9-12)27(24,25)26)14-10-16-18(11-15(14)22(17,5)6)23(7)13(2)21(16,3)4/h8-11H,1-7H3/p+1. The van der Waals surface area contributed by atoms with Gasteiger partial charge in [-0.1, -0.05) is 19.9 Å². The van der Waals surface area contributed by atoms with Gasteiger partial charge in [0.1, 0.15) is 11.9 Å². The van der Waals surface area contributed by atoms with E-state index in [1.807, 2.05) is 13.0 Å². The van der Waals surface area contributed by atoms with Crippen LogP contribution in [0.1, 0.15) is 56.9 Å². The summed E-state index contributed by atoms with van der Waals surface area (Å²) in [5, 5.41) is 0. The van der Waals surface area contributed by atoms with E-state index in [1.165, 1.54) is 17.0 Å². The van der Waals surface area contributed by atoms with Crippen molar-refractivity contribution in [3.05, 3.63) is 46.5 Å². The van der Waals surface area contributed by atoms with E-state index in [4.69, 9.17) is 0 Å². The van der Waals surface area contributed by atoms with Gasteiger partial charge in [0.05, 0.1) is 5.41 Å². The van der Waals surface area contributed by atoms with Crippen molar-refractivity contribution >= 4 is 21.5 Å². The van der Waals surface area contributed by atoms with Gasteiger partial charge in [-0.15, -0.1) is 0 Å². The molecule has 0 unspecified atom stereocenters. The maximum atomic E-state index is 12.2. The van der Waals surface area contributed by atoms with Crippen LogP contribution in [0.5, 0.6) is 0 Å². The van der Waals surface area contributed by atoms with Crippen LogP contribution in [0.2, 0.25) is 0 Å². The van der Waals surface area contributed by atoms with Crippen molar-refractivity contribution in [2.24, 2.45) is 0 Å². The van der Waals surface area contributed by atoms with Crippen molar-refractivity contribution in [2.45, 2.75) is 57.3 Å². The highest BCUT2D eigenvalue weighted by molar-refractivity contribution is 7.86. The molecular formula is C22H26NO3S+. The fourth-order valence-corrected chi connectivity index (χ4v) is 5.57. The molecule has 0 atom stereocenters. The minimum atomic E-state index is -4.32. The molecule has 1 N–H and O–H groups in total. The predicted molar refractivity (Wildman–Crippen MR) is 108 cm³/mol. The molecule has 0 spiro atoms. The Morgan fingerprint density at radius 1 is 0.889 bits per heavy atom. The third kappa shape index (κ3) is 2.25. The van der Waals surface area contributed by atoms with Crippen LogP contribution in [-0.2, 0) is 20.9 Å². The number of nitrogens with zero attached hydrogens (tertiary/aromatic N) is 1. The van der Waals surface area contributed by atoms with E-state index in [1.54, 1.807) is 6.07 Å². The van der Waals surface area contributed by atoms with Gasteiger partial charge < -0.3 is 0 Å². The Hall–Kier alpha value is -1.98. The van der Waals surface area contributed by atoms with Crippen LogP contribution >= 0.6 is 0 Å². The molecule has 0 aromatic heterocycles. The Labute approximate surface area is 161 Å². The van der Waals surface area contributed by atoms with Crippen LogP contribution in [0.3, 0.4) is 0 Å². The highest BCUT2D eigenvalue weighted by Gasteiger charge is 2.46. The Morgan fingerprint density at radius 3 is 2.11 bits per heavy atom. The van der Waals surface area contributed by atoms with Crippen LogP contribution in [0, 0.1) is 6.92 Å².